The topological polar surface area (TPSA) is 99.5 Å². The minimum atomic E-state index is -0.454. The van der Waals surface area contributed by atoms with E-state index in [1.165, 1.54) is 25.4 Å². The summed E-state index contributed by atoms with van der Waals surface area (Å²) in [5.74, 6) is 0.213. The van der Waals surface area contributed by atoms with E-state index >= 15 is 0 Å². The maximum absolute atomic E-state index is 13.8. The third-order valence-electron chi connectivity index (χ3n) is 2.56. The van der Waals surface area contributed by atoms with E-state index in [0.717, 1.165) is 0 Å². The maximum atomic E-state index is 13.8. The van der Waals surface area contributed by atoms with Crippen molar-refractivity contribution in [3.63, 3.8) is 0 Å². The van der Waals surface area contributed by atoms with Crippen LogP contribution in [-0.4, -0.2) is 27.7 Å². The van der Waals surface area contributed by atoms with Crippen LogP contribution in [0.1, 0.15) is 11.4 Å². The van der Waals surface area contributed by atoms with E-state index in [2.05, 4.69) is 25.9 Å². The number of tetrazole rings is 1. The average Bonchev–Trinajstić information content (AvgIpc) is 2.95. The van der Waals surface area contributed by atoms with Crippen LogP contribution in [0.4, 0.5) is 10.1 Å². The van der Waals surface area contributed by atoms with Crippen molar-refractivity contribution in [3.05, 3.63) is 35.5 Å². The molecule has 0 aliphatic rings. The van der Waals surface area contributed by atoms with Gasteiger partial charge >= 0.3 is 0 Å². The second kappa shape index (κ2) is 5.79. The van der Waals surface area contributed by atoms with Crippen molar-refractivity contribution in [2.24, 2.45) is 0 Å². The summed E-state index contributed by atoms with van der Waals surface area (Å²) in [5, 5.41) is 24.6. The van der Waals surface area contributed by atoms with Crippen LogP contribution in [0.5, 0.6) is 5.75 Å². The van der Waals surface area contributed by atoms with Crippen LogP contribution in [0.2, 0.25) is 0 Å². The summed E-state index contributed by atoms with van der Waals surface area (Å²) in [6.45, 7) is 1.74. The third-order valence-corrected chi connectivity index (χ3v) is 2.56. The average molecular weight is 274 g/mol. The molecule has 1 aromatic carbocycles. The van der Waals surface area contributed by atoms with Crippen LogP contribution in [0, 0.1) is 24.1 Å². The summed E-state index contributed by atoms with van der Waals surface area (Å²) in [4.78, 5) is 0. The molecule has 2 N–H and O–H groups in total. The van der Waals surface area contributed by atoms with E-state index in [1.807, 2.05) is 6.07 Å². The Kier molecular flexibility index (Phi) is 3.91. The predicted molar refractivity (Wildman–Crippen MR) is 69.1 cm³/mol. The van der Waals surface area contributed by atoms with Gasteiger partial charge in [-0.3, -0.25) is 0 Å². The lowest BCUT2D eigenvalue weighted by Crippen LogP contribution is -1.97. The number of nitrogens with zero attached hydrogens (tertiary/aromatic N) is 4. The van der Waals surface area contributed by atoms with Crippen LogP contribution in [0.25, 0.3) is 5.57 Å². The molecule has 0 fully saturated rings. The molecule has 102 valence electrons. The van der Waals surface area contributed by atoms with Gasteiger partial charge in [-0.05, 0) is 23.8 Å². The normalized spacial score (nSPS) is 11.0. The number of H-pyrrole nitrogens is 1. The Bertz CT molecular complexity index is 674. The van der Waals surface area contributed by atoms with Gasteiger partial charge in [-0.15, -0.1) is 10.2 Å². The van der Waals surface area contributed by atoms with E-state index in [9.17, 15) is 4.39 Å². The molecular weight excluding hydrogens is 263 g/mol. The summed E-state index contributed by atoms with van der Waals surface area (Å²) in [6.07, 6.45) is 1.30. The zero-order chi connectivity index (χ0) is 14.5. The fraction of sp³-hybridized carbons (Fsp3) is 0.167. The van der Waals surface area contributed by atoms with Crippen molar-refractivity contribution in [2.75, 3.05) is 12.4 Å². The fourth-order valence-corrected chi connectivity index (χ4v) is 1.56. The lowest BCUT2D eigenvalue weighted by atomic mass is 10.2. The standard InChI is InChI=1S/C12H11FN6O/c1-7-3-9(13)10(4-11(7)20-2)15-6-8(5-14)12-16-18-19-17-12/h3-4,6,15H,1-2H3,(H,16,17,18,19). The molecule has 2 aromatic rings. The Labute approximate surface area is 114 Å². The Morgan fingerprint density at radius 1 is 1.55 bits per heavy atom. The quantitative estimate of drug-likeness (QED) is 0.822. The molecule has 0 unspecified atom stereocenters. The van der Waals surface area contributed by atoms with Crippen LogP contribution < -0.4 is 10.1 Å². The van der Waals surface area contributed by atoms with Crippen molar-refractivity contribution < 1.29 is 9.13 Å². The maximum Gasteiger partial charge on any atom is 0.216 e. The largest absolute Gasteiger partial charge is 0.496 e. The molecule has 0 spiro atoms. The summed E-state index contributed by atoms with van der Waals surface area (Å²) in [6, 6.07) is 4.74. The Hall–Kier alpha value is -2.95. The molecule has 2 rings (SSSR count). The van der Waals surface area contributed by atoms with E-state index in [1.54, 1.807) is 6.92 Å². The highest BCUT2D eigenvalue weighted by atomic mass is 19.1. The highest BCUT2D eigenvalue weighted by molar-refractivity contribution is 5.74. The van der Waals surface area contributed by atoms with Crippen molar-refractivity contribution in [3.8, 4) is 11.8 Å². The number of rotatable bonds is 4. The third kappa shape index (κ3) is 2.72. The summed E-state index contributed by atoms with van der Waals surface area (Å²) in [5.41, 5.74) is 0.986. The fourth-order valence-electron chi connectivity index (χ4n) is 1.56. The number of allylic oxidation sites excluding steroid dienone is 1. The molecule has 0 radical (unpaired) electrons. The Morgan fingerprint density at radius 3 is 2.95 bits per heavy atom. The molecule has 1 aromatic heterocycles. The number of nitrogens with one attached hydrogen (secondary N) is 2. The van der Waals surface area contributed by atoms with Crippen molar-refractivity contribution in [2.45, 2.75) is 6.92 Å². The van der Waals surface area contributed by atoms with Crippen LogP contribution in [0.15, 0.2) is 18.3 Å². The van der Waals surface area contributed by atoms with Crippen molar-refractivity contribution in [1.82, 2.24) is 20.6 Å². The Balaban J connectivity index is 2.28. The van der Waals surface area contributed by atoms with Gasteiger partial charge in [0.25, 0.3) is 0 Å². The van der Waals surface area contributed by atoms with Crippen LogP contribution in [-0.2, 0) is 0 Å². The van der Waals surface area contributed by atoms with Gasteiger partial charge in [0.05, 0.1) is 12.8 Å². The van der Waals surface area contributed by atoms with Gasteiger partial charge in [0.2, 0.25) is 5.82 Å². The number of aromatic amines is 1. The first-order valence-electron chi connectivity index (χ1n) is 5.60. The highest BCUT2D eigenvalue weighted by Gasteiger charge is 2.09. The number of hydrogen-bond donors (Lipinski definition) is 2. The van der Waals surface area contributed by atoms with Gasteiger partial charge in [0.1, 0.15) is 23.2 Å². The van der Waals surface area contributed by atoms with E-state index in [4.69, 9.17) is 10.00 Å². The monoisotopic (exact) mass is 274 g/mol. The number of aryl methyl sites for hydroxylation is 1. The summed E-state index contributed by atoms with van der Waals surface area (Å²) in [7, 11) is 1.50. The summed E-state index contributed by atoms with van der Waals surface area (Å²) < 4.78 is 18.9. The highest BCUT2D eigenvalue weighted by Crippen LogP contribution is 2.26. The summed E-state index contributed by atoms with van der Waals surface area (Å²) >= 11 is 0. The molecule has 0 saturated carbocycles. The number of methoxy groups -OCH3 is 1. The molecular formula is C12H11FN6O. The van der Waals surface area contributed by atoms with Gasteiger partial charge < -0.3 is 10.1 Å². The molecule has 0 amide bonds. The number of aromatic nitrogens is 4. The number of hydrogen-bond acceptors (Lipinski definition) is 6. The minimum Gasteiger partial charge on any atom is -0.496 e. The lowest BCUT2D eigenvalue weighted by molar-refractivity contribution is 0.411. The molecule has 20 heavy (non-hydrogen) atoms. The van der Waals surface area contributed by atoms with Gasteiger partial charge in [-0.25, -0.2) is 4.39 Å². The number of halogens is 1. The lowest BCUT2D eigenvalue weighted by Gasteiger charge is -2.09. The molecule has 0 atom stereocenters. The SMILES string of the molecule is COc1cc(NC=C(C#N)c2nn[nH]n2)c(F)cc1C. The predicted octanol–water partition coefficient (Wildman–Crippen LogP) is 1.63. The van der Waals surface area contributed by atoms with Gasteiger partial charge in [-0.1, -0.05) is 0 Å². The zero-order valence-corrected chi connectivity index (χ0v) is 10.8. The van der Waals surface area contributed by atoms with Crippen molar-refractivity contribution in [1.29, 1.82) is 5.26 Å². The van der Waals surface area contributed by atoms with Gasteiger partial charge in [0, 0.05) is 12.3 Å². The molecule has 0 aliphatic heterocycles. The number of nitriles is 1. The molecule has 8 heteroatoms. The minimum absolute atomic E-state index is 0.123. The second-order valence-electron chi connectivity index (χ2n) is 3.85. The van der Waals surface area contributed by atoms with Gasteiger partial charge in [-0.2, -0.15) is 10.5 Å². The van der Waals surface area contributed by atoms with E-state index in [-0.39, 0.29) is 17.1 Å². The van der Waals surface area contributed by atoms with E-state index < -0.39 is 5.82 Å². The first-order valence-corrected chi connectivity index (χ1v) is 5.60. The smallest absolute Gasteiger partial charge is 0.216 e. The first-order chi connectivity index (χ1) is 9.65. The second-order valence-corrected chi connectivity index (χ2v) is 3.85. The molecule has 0 bridgehead atoms. The Morgan fingerprint density at radius 2 is 2.35 bits per heavy atom. The molecule has 7 nitrogen and oxygen atoms in total. The van der Waals surface area contributed by atoms with Crippen LogP contribution >= 0.6 is 0 Å². The molecule has 0 saturated heterocycles. The zero-order valence-electron chi connectivity index (χ0n) is 10.8. The number of anilines is 1. The number of benzene rings is 1. The molecule has 0 aliphatic carbocycles. The van der Waals surface area contributed by atoms with E-state index in [0.29, 0.717) is 11.3 Å². The molecule has 1 heterocycles. The van der Waals surface area contributed by atoms with Crippen molar-refractivity contribution >= 4 is 11.3 Å². The van der Waals surface area contributed by atoms with Gasteiger partial charge in [0.15, 0.2) is 0 Å². The number of ether oxygens (including phenoxy) is 1. The first kappa shape index (κ1) is 13.5. The van der Waals surface area contributed by atoms with Crippen LogP contribution in [0.3, 0.4) is 0 Å².